The first kappa shape index (κ1) is 17.2. The van der Waals surface area contributed by atoms with Gasteiger partial charge in [-0.3, -0.25) is 4.90 Å². The van der Waals surface area contributed by atoms with Gasteiger partial charge in [-0.15, -0.1) is 0 Å². The molecule has 0 spiro atoms. The largest absolute Gasteiger partial charge is 0.468 e. The van der Waals surface area contributed by atoms with Crippen LogP contribution in [0.1, 0.15) is 11.6 Å². The lowest BCUT2D eigenvalue weighted by atomic mass is 10.0. The molecule has 0 saturated carbocycles. The van der Waals surface area contributed by atoms with E-state index in [1.165, 1.54) is 11.4 Å². The summed E-state index contributed by atoms with van der Waals surface area (Å²) in [6.45, 7) is 1.21. The van der Waals surface area contributed by atoms with Crippen molar-refractivity contribution >= 4 is 27.8 Å². The third-order valence-electron chi connectivity index (χ3n) is 3.59. The molecule has 1 aromatic rings. The van der Waals surface area contributed by atoms with Gasteiger partial charge in [-0.1, -0.05) is 23.7 Å². The van der Waals surface area contributed by atoms with Gasteiger partial charge in [-0.05, 0) is 17.7 Å². The smallest absolute Gasteiger partial charge is 0.327 e. The Balaban J connectivity index is 2.20. The normalized spacial score (nSPS) is 18.9. The van der Waals surface area contributed by atoms with E-state index >= 15 is 0 Å². The first-order valence-corrected chi connectivity index (χ1v) is 8.56. The molecule has 9 heteroatoms. The van der Waals surface area contributed by atoms with Crippen molar-refractivity contribution in [3.63, 3.8) is 0 Å². The van der Waals surface area contributed by atoms with Gasteiger partial charge in [0.25, 0.3) is 10.2 Å². The Morgan fingerprint density at radius 1 is 1.32 bits per heavy atom. The lowest BCUT2D eigenvalue weighted by molar-refractivity contribution is -0.147. The highest BCUT2D eigenvalue weighted by Crippen LogP contribution is 2.26. The molecular weight excluding hydrogens is 330 g/mol. The van der Waals surface area contributed by atoms with Gasteiger partial charge in [0.15, 0.2) is 0 Å². The first-order valence-electron chi connectivity index (χ1n) is 6.68. The van der Waals surface area contributed by atoms with Crippen molar-refractivity contribution in [1.82, 2.24) is 9.21 Å². The summed E-state index contributed by atoms with van der Waals surface area (Å²) in [6.07, 6.45) is 0. The van der Waals surface area contributed by atoms with Crippen LogP contribution in [0.2, 0.25) is 5.02 Å². The highest BCUT2D eigenvalue weighted by Gasteiger charge is 2.33. The number of hydrogen-bond acceptors (Lipinski definition) is 5. The quantitative estimate of drug-likeness (QED) is 0.794. The maximum absolute atomic E-state index is 12.1. The number of halogens is 1. The molecule has 1 fully saturated rings. The van der Waals surface area contributed by atoms with Crippen LogP contribution in [0.4, 0.5) is 0 Å². The van der Waals surface area contributed by atoms with Crippen LogP contribution in [0.25, 0.3) is 0 Å². The van der Waals surface area contributed by atoms with E-state index in [1.807, 2.05) is 4.90 Å². The van der Waals surface area contributed by atoms with E-state index in [4.69, 9.17) is 21.5 Å². The van der Waals surface area contributed by atoms with Crippen LogP contribution in [0.5, 0.6) is 0 Å². The number of esters is 1. The molecule has 1 aromatic carbocycles. The Labute approximate surface area is 134 Å². The molecule has 22 heavy (non-hydrogen) atoms. The monoisotopic (exact) mass is 347 g/mol. The predicted molar refractivity (Wildman–Crippen MR) is 82.5 cm³/mol. The summed E-state index contributed by atoms with van der Waals surface area (Å²) in [7, 11) is -2.38. The molecule has 0 amide bonds. The Morgan fingerprint density at radius 2 is 1.95 bits per heavy atom. The fraction of sp³-hybridized carbons (Fsp3) is 0.462. The van der Waals surface area contributed by atoms with Gasteiger partial charge >= 0.3 is 5.97 Å². The highest BCUT2D eigenvalue weighted by atomic mass is 35.5. The van der Waals surface area contributed by atoms with Crippen molar-refractivity contribution in [3.05, 3.63) is 34.9 Å². The van der Waals surface area contributed by atoms with Crippen molar-refractivity contribution < 1.29 is 17.9 Å². The van der Waals surface area contributed by atoms with Gasteiger partial charge < -0.3 is 4.74 Å². The summed E-state index contributed by atoms with van der Waals surface area (Å²) < 4.78 is 28.8. The summed E-state index contributed by atoms with van der Waals surface area (Å²) in [6, 6.07) is 6.35. The molecule has 1 heterocycles. The van der Waals surface area contributed by atoms with Gasteiger partial charge in [0, 0.05) is 31.2 Å². The summed E-state index contributed by atoms with van der Waals surface area (Å²) in [5.74, 6) is -0.411. The van der Waals surface area contributed by atoms with Crippen molar-refractivity contribution in [2.24, 2.45) is 5.14 Å². The molecule has 1 saturated heterocycles. The fourth-order valence-electron chi connectivity index (χ4n) is 2.50. The molecule has 1 aliphatic rings. The molecule has 2 rings (SSSR count). The Kier molecular flexibility index (Phi) is 5.41. The second kappa shape index (κ2) is 6.93. The molecular formula is C13H18ClN3O4S. The zero-order valence-corrected chi connectivity index (χ0v) is 13.7. The number of benzene rings is 1. The average molecular weight is 348 g/mol. The van der Waals surface area contributed by atoms with E-state index in [9.17, 15) is 13.2 Å². The first-order chi connectivity index (χ1) is 10.3. The van der Waals surface area contributed by atoms with Crippen LogP contribution in [-0.2, 0) is 19.7 Å². The topological polar surface area (TPSA) is 92.9 Å². The lowest BCUT2D eigenvalue weighted by Gasteiger charge is -2.36. The molecule has 0 aromatic heterocycles. The number of hydrogen-bond donors (Lipinski definition) is 1. The zero-order chi connectivity index (χ0) is 16.3. The minimum Gasteiger partial charge on any atom is -0.468 e. The van der Waals surface area contributed by atoms with E-state index in [0.29, 0.717) is 23.7 Å². The molecule has 2 N–H and O–H groups in total. The SMILES string of the molecule is COC(=O)C(c1cccc(Cl)c1)N1CCN(S(N)(=O)=O)CC1. The molecule has 0 radical (unpaired) electrons. The molecule has 1 unspecified atom stereocenters. The van der Waals surface area contributed by atoms with Crippen LogP contribution in [0, 0.1) is 0 Å². The number of nitrogens with zero attached hydrogens (tertiary/aromatic N) is 2. The Hall–Kier alpha value is -1.19. The second-order valence-electron chi connectivity index (χ2n) is 4.96. The van der Waals surface area contributed by atoms with Crippen LogP contribution >= 0.6 is 11.6 Å². The van der Waals surface area contributed by atoms with Crippen molar-refractivity contribution in [1.29, 1.82) is 0 Å². The number of carbonyl (C=O) groups is 1. The number of piperazine rings is 1. The number of ether oxygens (including phenoxy) is 1. The standard InChI is InChI=1S/C13H18ClN3O4S/c1-21-13(18)12(10-3-2-4-11(14)9-10)16-5-7-17(8-6-16)22(15,19)20/h2-4,9,12H,5-8H2,1H3,(H2,15,19,20). The van der Waals surface area contributed by atoms with Crippen molar-refractivity contribution in [2.75, 3.05) is 33.3 Å². The summed E-state index contributed by atoms with van der Waals surface area (Å²) in [5, 5.41) is 5.64. The highest BCUT2D eigenvalue weighted by molar-refractivity contribution is 7.86. The molecule has 1 atom stereocenters. The van der Waals surface area contributed by atoms with Gasteiger partial charge in [0.1, 0.15) is 6.04 Å². The van der Waals surface area contributed by atoms with Crippen molar-refractivity contribution in [2.45, 2.75) is 6.04 Å². The van der Waals surface area contributed by atoms with E-state index in [1.54, 1.807) is 24.3 Å². The fourth-order valence-corrected chi connectivity index (χ4v) is 3.37. The number of nitrogens with two attached hydrogens (primary N) is 1. The average Bonchev–Trinajstić information content (AvgIpc) is 2.47. The summed E-state index contributed by atoms with van der Waals surface area (Å²) >= 11 is 5.98. The minimum absolute atomic E-state index is 0.229. The van der Waals surface area contributed by atoms with Gasteiger partial charge in [0.05, 0.1) is 7.11 Å². The van der Waals surface area contributed by atoms with Crippen LogP contribution in [-0.4, -0.2) is 56.9 Å². The molecule has 0 aliphatic carbocycles. The zero-order valence-electron chi connectivity index (χ0n) is 12.1. The van der Waals surface area contributed by atoms with Crippen molar-refractivity contribution in [3.8, 4) is 0 Å². The maximum atomic E-state index is 12.1. The molecule has 0 bridgehead atoms. The van der Waals surface area contributed by atoms with E-state index in [-0.39, 0.29) is 13.1 Å². The third-order valence-corrected chi connectivity index (χ3v) is 4.91. The van der Waals surface area contributed by atoms with Gasteiger partial charge in [-0.2, -0.15) is 12.7 Å². The molecule has 1 aliphatic heterocycles. The minimum atomic E-state index is -3.70. The van der Waals surface area contributed by atoms with Gasteiger partial charge in [-0.25, -0.2) is 9.93 Å². The maximum Gasteiger partial charge on any atom is 0.327 e. The van der Waals surface area contributed by atoms with E-state index in [0.717, 1.165) is 0 Å². The summed E-state index contributed by atoms with van der Waals surface area (Å²) in [4.78, 5) is 14.0. The lowest BCUT2D eigenvalue weighted by Crippen LogP contribution is -2.52. The number of rotatable bonds is 4. The molecule has 7 nitrogen and oxygen atoms in total. The summed E-state index contributed by atoms with van der Waals surface area (Å²) in [5.41, 5.74) is 0.711. The van der Waals surface area contributed by atoms with Crippen LogP contribution in [0.15, 0.2) is 24.3 Å². The van der Waals surface area contributed by atoms with Crippen LogP contribution < -0.4 is 5.14 Å². The van der Waals surface area contributed by atoms with Crippen LogP contribution in [0.3, 0.4) is 0 Å². The second-order valence-corrected chi connectivity index (χ2v) is 6.94. The number of methoxy groups -OCH3 is 1. The van der Waals surface area contributed by atoms with E-state index < -0.39 is 22.2 Å². The predicted octanol–water partition coefficient (Wildman–Crippen LogP) is 0.375. The van der Waals surface area contributed by atoms with E-state index in [2.05, 4.69) is 0 Å². The Morgan fingerprint density at radius 3 is 2.45 bits per heavy atom. The third kappa shape index (κ3) is 3.96. The number of carbonyl (C=O) groups excluding carboxylic acids is 1. The Bertz CT molecular complexity index is 644. The molecule has 122 valence electrons. The van der Waals surface area contributed by atoms with Gasteiger partial charge in [0.2, 0.25) is 0 Å².